The third kappa shape index (κ3) is 8.15. The number of allylic oxidation sites excluding steroid dienone is 1. The summed E-state index contributed by atoms with van der Waals surface area (Å²) in [5.74, 6) is -2.62. The number of likely N-dealkylation sites (tertiary alicyclic amines) is 1. The van der Waals surface area contributed by atoms with Crippen molar-refractivity contribution in [3.05, 3.63) is 55.1 Å². The maximum atomic E-state index is 14.4. The van der Waals surface area contributed by atoms with E-state index in [1.165, 1.54) is 4.90 Å². The van der Waals surface area contributed by atoms with E-state index in [0.29, 0.717) is 5.75 Å². The third-order valence-electron chi connectivity index (χ3n) is 8.73. The molecule has 250 valence electrons. The molecule has 1 saturated carbocycles. The summed E-state index contributed by atoms with van der Waals surface area (Å²) in [5.41, 5.74) is -2.67. The predicted molar refractivity (Wildman–Crippen MR) is 175 cm³/mol. The molecule has 0 aromatic heterocycles. The SMILES string of the molecule is C=C[C@H]1C[C@@]1(CC(=O)[C@@H]1C[C@@H](Oc2cccc3ccccc23)CN1C(=O)C(CC(=O)OC(C)(C)C)C(C)(C)C)C(=O)NS(C)(=O)=O. The summed E-state index contributed by atoms with van der Waals surface area (Å²) < 4.78 is 37.8. The quantitative estimate of drug-likeness (QED) is 0.269. The second-order valence-corrected chi connectivity index (χ2v) is 16.5. The molecule has 1 N–H and O–H groups in total. The van der Waals surface area contributed by atoms with Gasteiger partial charge in [0.2, 0.25) is 21.8 Å². The minimum Gasteiger partial charge on any atom is -0.488 e. The number of carbonyl (C=O) groups excluding carboxylic acids is 4. The molecule has 2 amide bonds. The van der Waals surface area contributed by atoms with E-state index in [1.807, 2.05) is 68.0 Å². The Kier molecular flexibility index (Phi) is 9.79. The van der Waals surface area contributed by atoms with E-state index in [-0.39, 0.29) is 49.8 Å². The van der Waals surface area contributed by atoms with Gasteiger partial charge >= 0.3 is 5.97 Å². The monoisotopic (exact) mass is 654 g/mol. The second-order valence-electron chi connectivity index (χ2n) is 14.7. The van der Waals surface area contributed by atoms with Gasteiger partial charge in [0.15, 0.2) is 5.78 Å². The van der Waals surface area contributed by atoms with Gasteiger partial charge in [0.1, 0.15) is 17.5 Å². The van der Waals surface area contributed by atoms with Gasteiger partial charge < -0.3 is 14.4 Å². The number of fused-ring (bicyclic) bond motifs is 1. The van der Waals surface area contributed by atoms with E-state index in [4.69, 9.17) is 9.47 Å². The number of ether oxygens (including phenoxy) is 2. The molecule has 1 aliphatic carbocycles. The number of rotatable bonds is 11. The van der Waals surface area contributed by atoms with Crippen LogP contribution in [0.15, 0.2) is 55.1 Å². The van der Waals surface area contributed by atoms with Crippen LogP contribution < -0.4 is 9.46 Å². The summed E-state index contributed by atoms with van der Waals surface area (Å²) in [6, 6.07) is 12.5. The number of nitrogens with one attached hydrogen (secondary N) is 1. The molecule has 2 fully saturated rings. The molecule has 46 heavy (non-hydrogen) atoms. The van der Waals surface area contributed by atoms with Crippen molar-refractivity contribution in [2.24, 2.45) is 22.7 Å². The highest BCUT2D eigenvalue weighted by molar-refractivity contribution is 7.89. The lowest BCUT2D eigenvalue weighted by Gasteiger charge is -2.35. The number of hydrogen-bond acceptors (Lipinski definition) is 8. The lowest BCUT2D eigenvalue weighted by molar-refractivity contribution is -0.161. The number of amides is 2. The van der Waals surface area contributed by atoms with Crippen LogP contribution >= 0.6 is 0 Å². The first-order chi connectivity index (χ1) is 21.2. The molecule has 1 unspecified atom stereocenters. The van der Waals surface area contributed by atoms with Crippen LogP contribution in [-0.2, 0) is 33.9 Å². The summed E-state index contributed by atoms with van der Waals surface area (Å²) in [6.45, 7) is 14.7. The van der Waals surface area contributed by atoms with Gasteiger partial charge in [-0.25, -0.2) is 8.42 Å². The normalized spacial score (nSPS) is 23.8. The molecule has 2 aromatic carbocycles. The zero-order valence-electron chi connectivity index (χ0n) is 27.8. The Labute approximate surface area is 271 Å². The van der Waals surface area contributed by atoms with Crippen LogP contribution in [0, 0.1) is 22.7 Å². The van der Waals surface area contributed by atoms with Crippen LogP contribution in [0.25, 0.3) is 10.8 Å². The van der Waals surface area contributed by atoms with E-state index in [0.717, 1.165) is 17.0 Å². The molecule has 0 spiro atoms. The number of ketones is 1. The molecule has 11 heteroatoms. The minimum atomic E-state index is -3.86. The first kappa shape index (κ1) is 35.1. The highest BCUT2D eigenvalue weighted by atomic mass is 32.2. The largest absolute Gasteiger partial charge is 0.488 e. The standard InChI is InChI=1S/C35H46N2O8S/c1-9-23-19-35(23,32(41)36-46(8,42)43)20-28(38)27-17-24(44-29-16-12-14-22-13-10-11-15-25(22)29)21-37(27)31(40)26(33(2,3)4)18-30(39)45-34(5,6)7/h9-16,23-24,26-27H,1,17-21H2,2-8H3,(H,36,41)/t23-,24+,26?,27-,35-/m0/s1. The van der Waals surface area contributed by atoms with Crippen molar-refractivity contribution in [1.82, 2.24) is 9.62 Å². The Bertz CT molecular complexity index is 1630. The second kappa shape index (κ2) is 12.8. The van der Waals surface area contributed by atoms with E-state index in [2.05, 4.69) is 6.58 Å². The molecule has 2 aromatic rings. The van der Waals surface area contributed by atoms with Crippen LogP contribution in [0.1, 0.15) is 67.2 Å². The molecular formula is C35H46N2O8S. The van der Waals surface area contributed by atoms with Crippen molar-refractivity contribution in [1.29, 1.82) is 0 Å². The maximum Gasteiger partial charge on any atom is 0.307 e. The first-order valence-corrected chi connectivity index (χ1v) is 17.5. The summed E-state index contributed by atoms with van der Waals surface area (Å²) in [6.07, 6.45) is 1.87. The fourth-order valence-corrected chi connectivity index (χ4v) is 6.85. The summed E-state index contributed by atoms with van der Waals surface area (Å²) in [4.78, 5) is 56.1. The van der Waals surface area contributed by atoms with E-state index in [1.54, 1.807) is 26.8 Å². The fourth-order valence-electron chi connectivity index (χ4n) is 6.31. The molecule has 1 saturated heterocycles. The number of esters is 1. The van der Waals surface area contributed by atoms with Gasteiger partial charge in [-0.15, -0.1) is 6.58 Å². The van der Waals surface area contributed by atoms with Crippen molar-refractivity contribution in [3.63, 3.8) is 0 Å². The predicted octanol–water partition coefficient (Wildman–Crippen LogP) is 4.81. The fraction of sp³-hybridized carbons (Fsp3) is 0.543. The van der Waals surface area contributed by atoms with E-state index >= 15 is 0 Å². The van der Waals surface area contributed by atoms with Gasteiger partial charge in [0, 0.05) is 18.2 Å². The molecule has 2 aliphatic rings. The lowest BCUT2D eigenvalue weighted by Crippen LogP contribution is -2.48. The number of nitrogens with zero attached hydrogens (tertiary/aromatic N) is 1. The van der Waals surface area contributed by atoms with Crippen LogP contribution in [0.3, 0.4) is 0 Å². The van der Waals surface area contributed by atoms with Crippen molar-refractivity contribution in [3.8, 4) is 5.75 Å². The van der Waals surface area contributed by atoms with Crippen LogP contribution in [0.2, 0.25) is 0 Å². The number of hydrogen-bond donors (Lipinski definition) is 1. The topological polar surface area (TPSA) is 136 Å². The molecule has 0 bridgehead atoms. The Morgan fingerprint density at radius 3 is 2.30 bits per heavy atom. The van der Waals surface area contributed by atoms with Crippen molar-refractivity contribution in [2.75, 3.05) is 12.8 Å². The van der Waals surface area contributed by atoms with Gasteiger partial charge in [-0.1, -0.05) is 63.2 Å². The average molecular weight is 655 g/mol. The van der Waals surface area contributed by atoms with E-state index in [9.17, 15) is 27.6 Å². The lowest BCUT2D eigenvalue weighted by atomic mass is 9.77. The molecule has 0 radical (unpaired) electrons. The third-order valence-corrected chi connectivity index (χ3v) is 9.29. The molecular weight excluding hydrogens is 608 g/mol. The molecule has 10 nitrogen and oxygen atoms in total. The number of carbonyl (C=O) groups is 4. The van der Waals surface area contributed by atoms with Crippen molar-refractivity contribution >= 4 is 44.4 Å². The highest BCUT2D eigenvalue weighted by Gasteiger charge is 2.61. The smallest absolute Gasteiger partial charge is 0.307 e. The van der Waals surface area contributed by atoms with E-state index < -0.39 is 56.4 Å². The number of benzene rings is 2. The molecule has 1 heterocycles. The van der Waals surface area contributed by atoms with Gasteiger partial charge in [0.05, 0.1) is 36.6 Å². The van der Waals surface area contributed by atoms with Crippen LogP contribution in [0.4, 0.5) is 0 Å². The number of sulfonamides is 1. The van der Waals surface area contributed by atoms with Crippen LogP contribution in [-0.4, -0.2) is 67.4 Å². The minimum absolute atomic E-state index is 0.0901. The Balaban J connectivity index is 1.66. The summed E-state index contributed by atoms with van der Waals surface area (Å²) >= 11 is 0. The average Bonchev–Trinajstić information content (AvgIpc) is 3.48. The Morgan fingerprint density at radius 1 is 1.07 bits per heavy atom. The van der Waals surface area contributed by atoms with Gasteiger partial charge in [0.25, 0.3) is 0 Å². The first-order valence-electron chi connectivity index (χ1n) is 15.6. The number of Topliss-reactive ketones (excluding diaryl/α,β-unsaturated/α-hetero) is 1. The van der Waals surface area contributed by atoms with Gasteiger partial charge in [-0.2, -0.15) is 0 Å². The Morgan fingerprint density at radius 2 is 1.72 bits per heavy atom. The van der Waals surface area contributed by atoms with Crippen LogP contribution in [0.5, 0.6) is 5.75 Å². The van der Waals surface area contributed by atoms with Crippen molar-refractivity contribution < 1.29 is 37.1 Å². The molecule has 1 aliphatic heterocycles. The molecule has 5 atom stereocenters. The zero-order chi connectivity index (χ0) is 34.2. The van der Waals surface area contributed by atoms with Gasteiger partial charge in [-0.3, -0.25) is 23.9 Å². The molecule has 4 rings (SSSR count). The van der Waals surface area contributed by atoms with Gasteiger partial charge in [-0.05, 0) is 50.0 Å². The Hall–Kier alpha value is -3.73. The maximum absolute atomic E-state index is 14.4. The summed E-state index contributed by atoms with van der Waals surface area (Å²) in [7, 11) is -3.86. The zero-order valence-corrected chi connectivity index (χ0v) is 28.6. The highest BCUT2D eigenvalue weighted by Crippen LogP contribution is 2.57. The van der Waals surface area contributed by atoms with Crippen molar-refractivity contribution in [2.45, 2.75) is 85.0 Å². The summed E-state index contributed by atoms with van der Waals surface area (Å²) in [5, 5.41) is 1.87.